The van der Waals surface area contributed by atoms with Gasteiger partial charge in [0, 0.05) is 23.3 Å². The maximum atomic E-state index is 14.4. The Balaban J connectivity index is 1.46. The fraction of sp³-hybridized carbons (Fsp3) is 0.423. The Morgan fingerprint density at radius 1 is 0.971 bits per heavy atom. The molecule has 35 heavy (non-hydrogen) atoms. The van der Waals surface area contributed by atoms with Gasteiger partial charge in [0.1, 0.15) is 11.4 Å². The van der Waals surface area contributed by atoms with E-state index in [4.69, 9.17) is 0 Å². The number of nitrogens with zero attached hydrogens (tertiary/aromatic N) is 1. The molecule has 2 saturated heterocycles. The van der Waals surface area contributed by atoms with Gasteiger partial charge >= 0.3 is 0 Å². The lowest BCUT2D eigenvalue weighted by Crippen LogP contribution is -2.54. The quantitative estimate of drug-likeness (QED) is 0.397. The second-order valence-corrected chi connectivity index (χ2v) is 10.1. The Hall–Kier alpha value is -3.46. The Morgan fingerprint density at radius 2 is 1.74 bits per heavy atom. The largest absolute Gasteiger partial charge is 0.504 e. The molecule has 3 heterocycles. The van der Waals surface area contributed by atoms with Crippen molar-refractivity contribution >= 4 is 23.4 Å². The van der Waals surface area contributed by atoms with Crippen LogP contribution in [0.2, 0.25) is 0 Å². The molecule has 4 aliphatic rings. The monoisotopic (exact) mass is 479 g/mol. The molecule has 1 saturated carbocycles. The SMILES string of the molecule is O=C1[C@H]2C(Cc3ccc(O)c(O)c3)NC3(C(=O)Nc4ccc(F)cc43)[C@H]2C(=O)N1C1CCCCC1. The minimum atomic E-state index is -1.57. The van der Waals surface area contributed by atoms with E-state index < -0.39 is 35.1 Å². The van der Waals surface area contributed by atoms with Crippen molar-refractivity contribution in [2.75, 3.05) is 5.32 Å². The van der Waals surface area contributed by atoms with Crippen molar-refractivity contribution in [3.8, 4) is 11.5 Å². The van der Waals surface area contributed by atoms with Crippen molar-refractivity contribution in [2.45, 2.75) is 56.1 Å². The molecule has 3 fully saturated rings. The normalized spacial score (nSPS) is 30.1. The van der Waals surface area contributed by atoms with Crippen molar-refractivity contribution in [3.63, 3.8) is 0 Å². The molecular formula is C26H26FN3O5. The van der Waals surface area contributed by atoms with Gasteiger partial charge < -0.3 is 15.5 Å². The molecule has 6 rings (SSSR count). The fourth-order valence-corrected chi connectivity index (χ4v) is 6.62. The number of hydrogen-bond donors (Lipinski definition) is 4. The number of nitrogens with one attached hydrogen (secondary N) is 2. The fourth-order valence-electron chi connectivity index (χ4n) is 6.62. The zero-order chi connectivity index (χ0) is 24.5. The molecule has 3 aliphatic heterocycles. The molecule has 182 valence electrons. The summed E-state index contributed by atoms with van der Waals surface area (Å²) in [6.45, 7) is 0. The van der Waals surface area contributed by atoms with Crippen LogP contribution in [0.25, 0.3) is 0 Å². The van der Waals surface area contributed by atoms with Gasteiger partial charge in [0.2, 0.25) is 17.7 Å². The van der Waals surface area contributed by atoms with Gasteiger partial charge in [-0.05, 0) is 55.2 Å². The molecule has 4 atom stereocenters. The van der Waals surface area contributed by atoms with Gasteiger partial charge in [0.25, 0.3) is 0 Å². The van der Waals surface area contributed by atoms with Gasteiger partial charge in [0.05, 0.1) is 11.8 Å². The average molecular weight is 480 g/mol. The average Bonchev–Trinajstić information content (AvgIpc) is 3.41. The lowest BCUT2D eigenvalue weighted by Gasteiger charge is -2.34. The molecule has 8 nitrogen and oxygen atoms in total. The minimum Gasteiger partial charge on any atom is -0.504 e. The number of hydrogen-bond acceptors (Lipinski definition) is 6. The summed E-state index contributed by atoms with van der Waals surface area (Å²) < 4.78 is 14.4. The van der Waals surface area contributed by atoms with Crippen LogP contribution in [0, 0.1) is 17.7 Å². The van der Waals surface area contributed by atoms with Crippen molar-refractivity contribution in [1.82, 2.24) is 10.2 Å². The van der Waals surface area contributed by atoms with E-state index >= 15 is 0 Å². The van der Waals surface area contributed by atoms with E-state index in [2.05, 4.69) is 10.6 Å². The van der Waals surface area contributed by atoms with Crippen LogP contribution in [0.1, 0.15) is 43.2 Å². The highest BCUT2D eigenvalue weighted by Crippen LogP contribution is 2.54. The zero-order valence-electron chi connectivity index (χ0n) is 19.0. The number of fused-ring (bicyclic) bond motifs is 4. The number of halogens is 1. The summed E-state index contributed by atoms with van der Waals surface area (Å²) in [6, 6.07) is 7.55. The molecule has 1 spiro atoms. The van der Waals surface area contributed by atoms with Crippen molar-refractivity contribution in [2.24, 2.45) is 11.8 Å². The summed E-state index contributed by atoms with van der Waals surface area (Å²) in [7, 11) is 0. The Kier molecular flexibility index (Phi) is 4.90. The van der Waals surface area contributed by atoms with Gasteiger partial charge in [-0.3, -0.25) is 24.6 Å². The number of amides is 3. The third kappa shape index (κ3) is 3.10. The van der Waals surface area contributed by atoms with Crippen LogP contribution < -0.4 is 10.6 Å². The van der Waals surface area contributed by atoms with Gasteiger partial charge in [-0.15, -0.1) is 0 Å². The maximum Gasteiger partial charge on any atom is 0.250 e. The highest BCUT2D eigenvalue weighted by atomic mass is 19.1. The number of carbonyl (C=O) groups excluding carboxylic acids is 3. The van der Waals surface area contributed by atoms with Crippen LogP contribution in [0.15, 0.2) is 36.4 Å². The highest BCUT2D eigenvalue weighted by molar-refractivity contribution is 6.15. The van der Waals surface area contributed by atoms with Gasteiger partial charge in [-0.2, -0.15) is 0 Å². The van der Waals surface area contributed by atoms with Gasteiger partial charge in [-0.1, -0.05) is 25.3 Å². The molecule has 0 aromatic heterocycles. The predicted octanol–water partition coefficient (Wildman–Crippen LogP) is 2.53. The first-order chi connectivity index (χ1) is 16.8. The minimum absolute atomic E-state index is 0.193. The van der Waals surface area contributed by atoms with Crippen LogP contribution in [-0.4, -0.2) is 44.9 Å². The van der Waals surface area contributed by atoms with Crippen LogP contribution in [0.5, 0.6) is 11.5 Å². The summed E-state index contributed by atoms with van der Waals surface area (Å²) >= 11 is 0. The highest BCUT2D eigenvalue weighted by Gasteiger charge is 2.70. The first-order valence-corrected chi connectivity index (χ1v) is 12.1. The van der Waals surface area contributed by atoms with Gasteiger partial charge in [-0.25, -0.2) is 4.39 Å². The molecule has 0 radical (unpaired) electrons. The maximum absolute atomic E-state index is 14.4. The lowest BCUT2D eigenvalue weighted by molar-refractivity contribution is -0.146. The molecule has 0 bridgehead atoms. The third-order valence-electron chi connectivity index (χ3n) is 8.15. The van der Waals surface area contributed by atoms with Crippen LogP contribution in [-0.2, 0) is 26.3 Å². The molecule has 3 amide bonds. The second-order valence-electron chi connectivity index (χ2n) is 10.1. The lowest BCUT2D eigenvalue weighted by atomic mass is 9.76. The Labute approximate surface area is 201 Å². The van der Waals surface area contributed by atoms with Crippen molar-refractivity contribution < 1.29 is 29.0 Å². The molecule has 4 N–H and O–H groups in total. The van der Waals surface area contributed by atoms with E-state index in [1.54, 1.807) is 6.07 Å². The topological polar surface area (TPSA) is 119 Å². The number of imide groups is 1. The first kappa shape index (κ1) is 22.0. The summed E-state index contributed by atoms with van der Waals surface area (Å²) in [4.78, 5) is 42.6. The Bertz CT molecular complexity index is 1260. The molecule has 9 heteroatoms. The second kappa shape index (κ2) is 7.78. The smallest absolute Gasteiger partial charge is 0.250 e. The van der Waals surface area contributed by atoms with E-state index in [0.717, 1.165) is 32.1 Å². The standard InChI is InChI=1S/C26H26FN3O5/c27-14-7-8-17-16(12-14)26(25(35)28-17)22-21(18(29-26)10-13-6-9-19(31)20(32)11-13)23(33)30(24(22)34)15-4-2-1-3-5-15/h6-9,11-12,15,18,21-22,29,31-32H,1-5,10H2,(H,28,35)/t18?,21-,22+,26?/m0/s1. The number of benzene rings is 2. The van der Waals surface area contributed by atoms with Gasteiger partial charge in [0.15, 0.2) is 11.5 Å². The number of aromatic hydroxyl groups is 2. The zero-order valence-corrected chi connectivity index (χ0v) is 19.0. The predicted molar refractivity (Wildman–Crippen MR) is 123 cm³/mol. The number of carbonyl (C=O) groups is 3. The number of likely N-dealkylation sites (tertiary alicyclic amines) is 1. The molecule has 2 aromatic carbocycles. The number of rotatable bonds is 3. The number of phenolic OH excluding ortho intramolecular Hbond substituents is 2. The van der Waals surface area contributed by atoms with Crippen LogP contribution >= 0.6 is 0 Å². The van der Waals surface area contributed by atoms with Crippen LogP contribution in [0.3, 0.4) is 0 Å². The van der Waals surface area contributed by atoms with Crippen molar-refractivity contribution in [3.05, 3.63) is 53.3 Å². The number of anilines is 1. The van der Waals surface area contributed by atoms with Crippen LogP contribution in [0.4, 0.5) is 10.1 Å². The van der Waals surface area contributed by atoms with E-state index in [0.29, 0.717) is 16.8 Å². The molecule has 2 aromatic rings. The molecule has 2 unspecified atom stereocenters. The van der Waals surface area contributed by atoms with Crippen molar-refractivity contribution in [1.29, 1.82) is 0 Å². The summed E-state index contributed by atoms with van der Waals surface area (Å²) in [5.41, 5.74) is -0.188. The molecular weight excluding hydrogens is 453 g/mol. The van der Waals surface area contributed by atoms with E-state index in [9.17, 15) is 29.0 Å². The van der Waals surface area contributed by atoms with E-state index in [-0.39, 0.29) is 35.8 Å². The van der Waals surface area contributed by atoms with E-state index in [1.807, 2.05) is 0 Å². The summed E-state index contributed by atoms with van der Waals surface area (Å²) in [6.07, 6.45) is 4.65. The summed E-state index contributed by atoms with van der Waals surface area (Å²) in [5, 5.41) is 25.7. The number of phenols is 2. The van der Waals surface area contributed by atoms with E-state index in [1.165, 1.54) is 35.2 Å². The summed E-state index contributed by atoms with van der Waals surface area (Å²) in [5.74, 6) is -4.09. The first-order valence-electron chi connectivity index (χ1n) is 12.1. The Morgan fingerprint density at radius 3 is 2.49 bits per heavy atom. The third-order valence-corrected chi connectivity index (χ3v) is 8.15. The molecule has 1 aliphatic carbocycles.